The predicted octanol–water partition coefficient (Wildman–Crippen LogP) is -0.648. The maximum absolute atomic E-state index is 5.87. The smallest absolute Gasteiger partial charge is 0.0615 e. The molecule has 0 amide bonds. The second kappa shape index (κ2) is 8.14. The number of nitrogens with two attached hydrogens (primary N) is 1. The first-order valence-corrected chi connectivity index (χ1v) is 5.03. The van der Waals surface area contributed by atoms with Gasteiger partial charge in [0.1, 0.15) is 0 Å². The van der Waals surface area contributed by atoms with Gasteiger partial charge in [-0.1, -0.05) is 0 Å². The van der Waals surface area contributed by atoms with E-state index in [0.717, 1.165) is 13.1 Å². The third kappa shape index (κ3) is 5.51. The number of nitrogens with zero attached hydrogens (tertiary/aromatic N) is 1. The molecule has 0 spiro atoms. The second-order valence-electron chi connectivity index (χ2n) is 3.46. The summed E-state index contributed by atoms with van der Waals surface area (Å²) in [4.78, 5) is 2.20. The number of hydrogen-bond acceptors (Lipinski definition) is 5. The summed E-state index contributed by atoms with van der Waals surface area (Å²) in [5.41, 5.74) is 11.8. The van der Waals surface area contributed by atoms with Gasteiger partial charge < -0.3 is 10.5 Å². The van der Waals surface area contributed by atoms with Crippen LogP contribution in [0, 0.1) is 0 Å². The maximum Gasteiger partial charge on any atom is 0.0615 e. The van der Waals surface area contributed by atoms with Gasteiger partial charge in [-0.05, 0) is 20.9 Å². The lowest BCUT2D eigenvalue weighted by molar-refractivity contribution is 0.0761. The van der Waals surface area contributed by atoms with Crippen molar-refractivity contribution in [1.29, 1.82) is 0 Å². The third-order valence-electron chi connectivity index (χ3n) is 2.17. The topological polar surface area (TPSA) is 62.5 Å². The zero-order valence-electron chi connectivity index (χ0n) is 9.71. The van der Waals surface area contributed by atoms with Gasteiger partial charge in [0.2, 0.25) is 0 Å². The average Bonchev–Trinajstić information content (AvgIpc) is 2.12. The molecule has 4 N–H and O–H groups in total. The van der Waals surface area contributed by atoms with Crippen molar-refractivity contribution in [2.24, 2.45) is 5.73 Å². The van der Waals surface area contributed by atoms with Crippen LogP contribution in [-0.4, -0.2) is 51.0 Å². The predicted molar refractivity (Wildman–Crippen MR) is 58.8 cm³/mol. The number of methoxy groups -OCH3 is 1. The van der Waals surface area contributed by atoms with Crippen molar-refractivity contribution in [1.82, 2.24) is 15.8 Å². The van der Waals surface area contributed by atoms with Crippen molar-refractivity contribution in [3.63, 3.8) is 0 Å². The molecular weight excluding hydrogens is 180 g/mol. The van der Waals surface area contributed by atoms with Crippen LogP contribution >= 0.6 is 0 Å². The van der Waals surface area contributed by atoms with Crippen molar-refractivity contribution in [3.05, 3.63) is 0 Å². The first kappa shape index (κ1) is 13.8. The molecule has 0 radical (unpaired) electrons. The van der Waals surface area contributed by atoms with Gasteiger partial charge in [0.15, 0.2) is 0 Å². The summed E-state index contributed by atoms with van der Waals surface area (Å²) >= 11 is 0. The molecule has 2 unspecified atom stereocenters. The van der Waals surface area contributed by atoms with E-state index in [4.69, 9.17) is 10.5 Å². The van der Waals surface area contributed by atoms with E-state index in [1.807, 2.05) is 14.0 Å². The van der Waals surface area contributed by atoms with Crippen molar-refractivity contribution in [2.45, 2.75) is 26.1 Å². The molecule has 0 aromatic heterocycles. The van der Waals surface area contributed by atoms with E-state index in [1.165, 1.54) is 0 Å². The molecule has 14 heavy (non-hydrogen) atoms. The minimum Gasteiger partial charge on any atom is -0.383 e. The van der Waals surface area contributed by atoms with E-state index < -0.39 is 0 Å². The highest BCUT2D eigenvalue weighted by Crippen LogP contribution is 2.01. The summed E-state index contributed by atoms with van der Waals surface area (Å²) in [5.74, 6) is 0. The highest BCUT2D eigenvalue weighted by Gasteiger charge is 2.16. The molecular formula is C9H24N4O. The lowest BCUT2D eigenvalue weighted by atomic mass is 10.2. The van der Waals surface area contributed by atoms with Gasteiger partial charge in [0, 0.05) is 26.2 Å². The molecule has 0 bridgehead atoms. The van der Waals surface area contributed by atoms with Crippen LogP contribution in [0.15, 0.2) is 0 Å². The number of rotatable bonds is 8. The summed E-state index contributed by atoms with van der Waals surface area (Å²) in [7, 11) is 3.57. The Balaban J connectivity index is 3.88. The molecule has 0 rings (SSSR count). The van der Waals surface area contributed by atoms with Gasteiger partial charge in [-0.2, -0.15) is 0 Å². The van der Waals surface area contributed by atoms with Crippen molar-refractivity contribution in [3.8, 4) is 0 Å². The van der Waals surface area contributed by atoms with Crippen LogP contribution in [0.25, 0.3) is 0 Å². The number of hydrazine groups is 1. The van der Waals surface area contributed by atoms with E-state index in [0.29, 0.717) is 12.6 Å². The molecule has 2 atom stereocenters. The lowest BCUT2D eigenvalue weighted by Gasteiger charge is -2.31. The Bertz CT molecular complexity index is 132. The van der Waals surface area contributed by atoms with Gasteiger partial charge >= 0.3 is 0 Å². The SMILES string of the molecule is CNNCCN(C(C)N)C(C)COC. The second-order valence-corrected chi connectivity index (χ2v) is 3.46. The summed E-state index contributed by atoms with van der Waals surface area (Å²) < 4.78 is 5.11. The van der Waals surface area contributed by atoms with Crippen LogP contribution in [-0.2, 0) is 4.74 Å². The molecule has 0 aromatic carbocycles. The van der Waals surface area contributed by atoms with Crippen LogP contribution in [0.4, 0.5) is 0 Å². The maximum atomic E-state index is 5.87. The third-order valence-corrected chi connectivity index (χ3v) is 2.17. The van der Waals surface area contributed by atoms with Gasteiger partial charge in [-0.15, -0.1) is 0 Å². The normalized spacial score (nSPS) is 15.9. The number of hydrogen-bond donors (Lipinski definition) is 3. The first-order chi connectivity index (χ1) is 6.63. The van der Waals surface area contributed by atoms with Gasteiger partial charge in [0.25, 0.3) is 0 Å². The molecule has 5 nitrogen and oxygen atoms in total. The Morgan fingerprint density at radius 2 is 2.07 bits per heavy atom. The highest BCUT2D eigenvalue weighted by molar-refractivity contribution is 4.70. The summed E-state index contributed by atoms with van der Waals surface area (Å²) in [5, 5.41) is 0. The summed E-state index contributed by atoms with van der Waals surface area (Å²) in [6.45, 7) is 6.59. The molecule has 0 aliphatic rings. The van der Waals surface area contributed by atoms with Gasteiger partial charge in [-0.3, -0.25) is 15.8 Å². The molecule has 0 fully saturated rings. The van der Waals surface area contributed by atoms with Crippen molar-refractivity contribution >= 4 is 0 Å². The molecule has 86 valence electrons. The monoisotopic (exact) mass is 204 g/mol. The molecule has 0 saturated heterocycles. The Morgan fingerprint density at radius 1 is 1.43 bits per heavy atom. The van der Waals surface area contributed by atoms with Crippen LogP contribution < -0.4 is 16.6 Å². The van der Waals surface area contributed by atoms with Crippen molar-refractivity contribution < 1.29 is 4.74 Å². The van der Waals surface area contributed by atoms with E-state index in [1.54, 1.807) is 7.11 Å². The Hall–Kier alpha value is -0.200. The standard InChI is InChI=1S/C9H24N4O/c1-8(7-14-4)13(9(2)10)6-5-12-11-3/h8-9,11-12H,5-7,10H2,1-4H3. The van der Waals surface area contributed by atoms with E-state index >= 15 is 0 Å². The first-order valence-electron chi connectivity index (χ1n) is 5.03. The minimum absolute atomic E-state index is 0.0545. The molecule has 5 heteroatoms. The van der Waals surface area contributed by atoms with E-state index in [-0.39, 0.29) is 6.17 Å². The average molecular weight is 204 g/mol. The fraction of sp³-hybridized carbons (Fsp3) is 1.00. The van der Waals surface area contributed by atoms with Crippen LogP contribution in [0.2, 0.25) is 0 Å². The van der Waals surface area contributed by atoms with E-state index in [2.05, 4.69) is 22.7 Å². The lowest BCUT2D eigenvalue weighted by Crippen LogP contribution is -2.50. The Kier molecular flexibility index (Phi) is 8.02. The number of ether oxygens (including phenoxy) is 1. The summed E-state index contributed by atoms with van der Waals surface area (Å²) in [6, 6.07) is 0.346. The quantitative estimate of drug-likeness (QED) is 0.279. The molecule has 0 aliphatic carbocycles. The van der Waals surface area contributed by atoms with Crippen LogP contribution in [0.5, 0.6) is 0 Å². The minimum atomic E-state index is 0.0545. The van der Waals surface area contributed by atoms with Gasteiger partial charge in [-0.25, -0.2) is 0 Å². The van der Waals surface area contributed by atoms with Crippen LogP contribution in [0.1, 0.15) is 13.8 Å². The number of nitrogens with one attached hydrogen (secondary N) is 2. The highest BCUT2D eigenvalue weighted by atomic mass is 16.5. The van der Waals surface area contributed by atoms with Gasteiger partial charge in [0.05, 0.1) is 12.8 Å². The molecule has 0 aliphatic heterocycles. The fourth-order valence-electron chi connectivity index (χ4n) is 1.47. The summed E-state index contributed by atoms with van der Waals surface area (Å²) in [6.07, 6.45) is 0.0545. The molecule has 0 aromatic rings. The fourth-order valence-corrected chi connectivity index (χ4v) is 1.47. The zero-order chi connectivity index (χ0) is 11.0. The largest absolute Gasteiger partial charge is 0.383 e. The molecule has 0 saturated carbocycles. The molecule has 0 heterocycles. The zero-order valence-corrected chi connectivity index (χ0v) is 9.71. The van der Waals surface area contributed by atoms with E-state index in [9.17, 15) is 0 Å². The Labute approximate surface area is 86.9 Å². The van der Waals surface area contributed by atoms with Crippen LogP contribution in [0.3, 0.4) is 0 Å². The Morgan fingerprint density at radius 3 is 2.50 bits per heavy atom. The van der Waals surface area contributed by atoms with Crippen molar-refractivity contribution in [2.75, 3.05) is 33.9 Å².